The normalized spacial score (nSPS) is 19.3. The van der Waals surface area contributed by atoms with Crippen molar-refractivity contribution in [1.82, 2.24) is 5.32 Å². The van der Waals surface area contributed by atoms with Crippen molar-refractivity contribution in [2.24, 2.45) is 0 Å². The number of hydrogen-bond donors (Lipinski definition) is 2. The van der Waals surface area contributed by atoms with Crippen molar-refractivity contribution in [3.05, 3.63) is 29.3 Å². The second-order valence-electron chi connectivity index (χ2n) is 3.64. The van der Waals surface area contributed by atoms with Gasteiger partial charge in [-0.25, -0.2) is 0 Å². The minimum absolute atomic E-state index is 0.0313. The number of carbonyl (C=O) groups is 1. The molecular weight excluding hydrogens is 176 g/mol. The maximum absolute atomic E-state index is 11.6. The lowest BCUT2D eigenvalue weighted by molar-refractivity contribution is -0.116. The molecule has 2 N–H and O–H groups in total. The van der Waals surface area contributed by atoms with Crippen molar-refractivity contribution < 1.29 is 4.79 Å². The Morgan fingerprint density at radius 2 is 2.29 bits per heavy atom. The van der Waals surface area contributed by atoms with Gasteiger partial charge in [0.2, 0.25) is 5.91 Å². The molecule has 3 nitrogen and oxygen atoms in total. The van der Waals surface area contributed by atoms with Gasteiger partial charge in [-0.05, 0) is 31.2 Å². The monoisotopic (exact) mass is 190 g/mol. The van der Waals surface area contributed by atoms with E-state index < -0.39 is 0 Å². The maximum Gasteiger partial charge on any atom is 0.233 e. The van der Waals surface area contributed by atoms with Crippen molar-refractivity contribution in [3.8, 4) is 0 Å². The summed E-state index contributed by atoms with van der Waals surface area (Å²) in [7, 11) is 1.86. The second kappa shape index (κ2) is 3.42. The molecule has 0 saturated heterocycles. The number of amides is 1. The number of likely N-dealkylation sites (N-methyl/N-ethyl adjacent to an activating group) is 1. The molecule has 0 radical (unpaired) electrons. The van der Waals surface area contributed by atoms with Gasteiger partial charge in [0.05, 0.1) is 5.92 Å². The molecule has 3 heteroatoms. The molecule has 0 bridgehead atoms. The first-order chi connectivity index (χ1) is 6.74. The third kappa shape index (κ3) is 1.30. The SMILES string of the molecule is CNCC1C(=O)Nc2cccc(C)c21. The molecule has 0 saturated carbocycles. The fourth-order valence-electron chi connectivity index (χ4n) is 2.00. The van der Waals surface area contributed by atoms with E-state index in [1.165, 1.54) is 5.56 Å². The van der Waals surface area contributed by atoms with Gasteiger partial charge in [0.25, 0.3) is 0 Å². The van der Waals surface area contributed by atoms with Crippen LogP contribution < -0.4 is 10.6 Å². The number of carbonyl (C=O) groups excluding carboxylic acids is 1. The van der Waals surface area contributed by atoms with Crippen LogP contribution in [0.4, 0.5) is 5.69 Å². The number of aryl methyl sites for hydroxylation is 1. The van der Waals surface area contributed by atoms with Crippen LogP contribution in [0.15, 0.2) is 18.2 Å². The summed E-state index contributed by atoms with van der Waals surface area (Å²) >= 11 is 0. The molecular formula is C11H14N2O. The van der Waals surface area contributed by atoms with Gasteiger partial charge in [-0.15, -0.1) is 0 Å². The zero-order valence-corrected chi connectivity index (χ0v) is 8.42. The van der Waals surface area contributed by atoms with E-state index in [-0.39, 0.29) is 11.8 Å². The number of fused-ring (bicyclic) bond motifs is 1. The summed E-state index contributed by atoms with van der Waals surface area (Å²) in [6, 6.07) is 5.97. The third-order valence-electron chi connectivity index (χ3n) is 2.66. The molecule has 1 heterocycles. The van der Waals surface area contributed by atoms with Crippen molar-refractivity contribution in [2.45, 2.75) is 12.8 Å². The van der Waals surface area contributed by atoms with Gasteiger partial charge in [-0.3, -0.25) is 4.79 Å². The molecule has 1 atom stereocenters. The predicted octanol–water partition coefficient (Wildman–Crippen LogP) is 1.25. The van der Waals surface area contributed by atoms with Crippen molar-refractivity contribution in [1.29, 1.82) is 0 Å². The maximum atomic E-state index is 11.6. The highest BCUT2D eigenvalue weighted by atomic mass is 16.2. The standard InChI is InChI=1S/C11H14N2O/c1-7-4-3-5-9-10(7)8(6-12-2)11(14)13-9/h3-5,8,12H,6H2,1-2H3,(H,13,14). The molecule has 0 aliphatic carbocycles. The second-order valence-corrected chi connectivity index (χ2v) is 3.64. The van der Waals surface area contributed by atoms with Crippen LogP contribution in [-0.2, 0) is 4.79 Å². The Labute approximate surface area is 83.5 Å². The quantitative estimate of drug-likeness (QED) is 0.737. The first kappa shape index (κ1) is 9.21. The number of nitrogens with one attached hydrogen (secondary N) is 2. The highest BCUT2D eigenvalue weighted by Gasteiger charge is 2.30. The summed E-state index contributed by atoms with van der Waals surface area (Å²) < 4.78 is 0. The van der Waals surface area contributed by atoms with Crippen LogP contribution in [0.25, 0.3) is 0 Å². The highest BCUT2D eigenvalue weighted by Crippen LogP contribution is 2.34. The van der Waals surface area contributed by atoms with Crippen LogP contribution in [0.1, 0.15) is 17.0 Å². The Bertz CT molecular complexity index is 374. The molecule has 1 aromatic rings. The Morgan fingerprint density at radius 3 is 3.00 bits per heavy atom. The van der Waals surface area contributed by atoms with E-state index in [1.54, 1.807) is 0 Å². The lowest BCUT2D eigenvalue weighted by Crippen LogP contribution is -2.23. The molecule has 0 fully saturated rings. The first-order valence-corrected chi connectivity index (χ1v) is 4.79. The summed E-state index contributed by atoms with van der Waals surface area (Å²) in [6.07, 6.45) is 0. The lowest BCUT2D eigenvalue weighted by atomic mass is 9.96. The Morgan fingerprint density at radius 1 is 1.50 bits per heavy atom. The van der Waals surface area contributed by atoms with Gasteiger partial charge >= 0.3 is 0 Å². The van der Waals surface area contributed by atoms with Crippen LogP contribution in [0.3, 0.4) is 0 Å². The zero-order valence-electron chi connectivity index (χ0n) is 8.42. The van der Waals surface area contributed by atoms with Crippen LogP contribution in [0.2, 0.25) is 0 Å². The van der Waals surface area contributed by atoms with E-state index in [9.17, 15) is 4.79 Å². The fraction of sp³-hybridized carbons (Fsp3) is 0.364. The van der Waals surface area contributed by atoms with Crippen LogP contribution in [-0.4, -0.2) is 19.5 Å². The topological polar surface area (TPSA) is 41.1 Å². The van der Waals surface area contributed by atoms with Crippen molar-refractivity contribution >= 4 is 11.6 Å². The smallest absolute Gasteiger partial charge is 0.233 e. The van der Waals surface area contributed by atoms with Crippen LogP contribution in [0.5, 0.6) is 0 Å². The number of hydrogen-bond acceptors (Lipinski definition) is 2. The van der Waals surface area contributed by atoms with E-state index in [0.717, 1.165) is 11.3 Å². The van der Waals surface area contributed by atoms with Gasteiger partial charge in [0.1, 0.15) is 0 Å². The van der Waals surface area contributed by atoms with Gasteiger partial charge in [-0.2, -0.15) is 0 Å². The molecule has 0 aromatic heterocycles. The Kier molecular flexibility index (Phi) is 2.25. The molecule has 74 valence electrons. The molecule has 1 amide bonds. The zero-order chi connectivity index (χ0) is 10.1. The van der Waals surface area contributed by atoms with Gasteiger partial charge in [-0.1, -0.05) is 12.1 Å². The van der Waals surface area contributed by atoms with E-state index in [2.05, 4.69) is 10.6 Å². The minimum atomic E-state index is -0.0313. The van der Waals surface area contributed by atoms with E-state index >= 15 is 0 Å². The summed E-state index contributed by atoms with van der Waals surface area (Å²) in [5, 5.41) is 5.94. The highest BCUT2D eigenvalue weighted by molar-refractivity contribution is 6.03. The molecule has 0 spiro atoms. The fourth-order valence-corrected chi connectivity index (χ4v) is 2.00. The summed E-state index contributed by atoms with van der Waals surface area (Å²) in [5.74, 6) is 0.0693. The summed E-state index contributed by atoms with van der Waals surface area (Å²) in [5.41, 5.74) is 3.29. The van der Waals surface area contributed by atoms with Crippen molar-refractivity contribution in [3.63, 3.8) is 0 Å². The molecule has 1 aliphatic rings. The van der Waals surface area contributed by atoms with E-state index in [1.807, 2.05) is 32.2 Å². The third-order valence-corrected chi connectivity index (χ3v) is 2.66. The number of rotatable bonds is 2. The van der Waals surface area contributed by atoms with Crippen LogP contribution >= 0.6 is 0 Å². The number of anilines is 1. The lowest BCUT2D eigenvalue weighted by Gasteiger charge is -2.09. The average molecular weight is 190 g/mol. The van der Waals surface area contributed by atoms with E-state index in [4.69, 9.17) is 0 Å². The van der Waals surface area contributed by atoms with Gasteiger partial charge in [0.15, 0.2) is 0 Å². The minimum Gasteiger partial charge on any atom is -0.325 e. The first-order valence-electron chi connectivity index (χ1n) is 4.79. The Balaban J connectivity index is 2.44. The largest absolute Gasteiger partial charge is 0.325 e. The van der Waals surface area contributed by atoms with Crippen LogP contribution in [0, 0.1) is 6.92 Å². The predicted molar refractivity (Wildman–Crippen MR) is 56.5 cm³/mol. The summed E-state index contributed by atoms with van der Waals surface area (Å²) in [4.78, 5) is 11.6. The summed E-state index contributed by atoms with van der Waals surface area (Å²) in [6.45, 7) is 2.74. The van der Waals surface area contributed by atoms with E-state index in [0.29, 0.717) is 6.54 Å². The molecule has 2 rings (SSSR count). The van der Waals surface area contributed by atoms with Crippen molar-refractivity contribution in [2.75, 3.05) is 18.9 Å². The molecule has 14 heavy (non-hydrogen) atoms. The average Bonchev–Trinajstić information content (AvgIpc) is 2.45. The molecule has 1 unspecified atom stereocenters. The molecule has 1 aromatic carbocycles. The van der Waals surface area contributed by atoms with Gasteiger partial charge in [0, 0.05) is 12.2 Å². The Hall–Kier alpha value is -1.35. The number of benzene rings is 1. The van der Waals surface area contributed by atoms with Gasteiger partial charge < -0.3 is 10.6 Å². The molecule has 1 aliphatic heterocycles.